The number of carboxylic acids is 3. The fraction of sp³-hybridized carbons (Fsp3) is 0.606. The van der Waals surface area contributed by atoms with Crippen LogP contribution in [0.3, 0.4) is 0 Å². The standard InChI is InChI=1S/C29H40ClN5O2.C28H37Cl2N5O2.C26H33Cl2N5O2.C26H36ClN5O/c1-17-8-9-24(25(30)11-17)20(4)31-26-18(2)19(3)32-28(33-26)35-15-22(16-35)21-7-6-10-34(14-21)23-12-29(5,13-23)27(36)37;1-4-28(26(36)37)11-21(12-28)34-9-5-6-19(14-34)20-15-35(16-20)27-31-13-24(30)25(33-27)32-18(3)22-8-7-17(2)10-23(22)29;1-16-5-6-17(21(27)8-16)11-29-23-22(28)12-30-25(31-23)33-14-19(15-33)18-4-3-7-32(13-18)20-9-26(2,10-20)24(34)35;1-17-8-9-21(23(27)13-17)18(2)28-25-22-6-3-7-24(22)29-26(30-25)32-15-20(16-32)19-5-4-10-31(14-19)11-12-33/h8-9,11,20-23H,6-7,10,12-16H2,1-5H3,(H,36,37)(H,31,32,33);7-8,10,13,18-21H,4-6,9,11-12,14-16H2,1-3H3,(H,36,37)(H,31,32,33);5-6,8,12,18-20H,3-4,7,9-11,13-15H2,1-2H3,(H,34,35)(H,29,30,31);8-9,13,18-20,33H,3-7,10-12,14-16H2,1-2H3,(H,28,29,30). The number of likely N-dealkylation sites (tertiary alicyclic amines) is 4. The van der Waals surface area contributed by atoms with E-state index in [1.165, 1.54) is 68.2 Å². The number of carboxylic acid groups (broad SMARTS) is 3. The highest BCUT2D eigenvalue weighted by Gasteiger charge is 2.54. The molecule has 4 aliphatic carbocycles. The third-order valence-corrected chi connectivity index (χ3v) is 35.8. The second kappa shape index (κ2) is 45.1. The Bertz CT molecular complexity index is 5800. The number of halogens is 6. The van der Waals surface area contributed by atoms with Crippen LogP contribution in [0.5, 0.6) is 0 Å². The van der Waals surface area contributed by atoms with E-state index >= 15 is 0 Å². The molecule has 8 N–H and O–H groups in total. The van der Waals surface area contributed by atoms with Crippen molar-refractivity contribution in [1.82, 2.24) is 59.5 Å². The van der Waals surface area contributed by atoms with Crippen LogP contribution >= 0.6 is 69.6 Å². The number of aliphatic hydroxyl groups is 1. The van der Waals surface area contributed by atoms with Crippen molar-refractivity contribution in [2.45, 2.75) is 241 Å². The number of benzene rings is 4. The molecule has 142 heavy (non-hydrogen) atoms. The first kappa shape index (κ1) is 105. The molecule has 20 rings (SSSR count). The highest BCUT2D eigenvalue weighted by molar-refractivity contribution is 6.34. The lowest BCUT2D eigenvalue weighted by atomic mass is 9.63. The summed E-state index contributed by atoms with van der Waals surface area (Å²) in [5, 5.41) is 55.8. The van der Waals surface area contributed by atoms with E-state index in [4.69, 9.17) is 99.5 Å². The normalized spacial score (nSPS) is 26.1. The minimum Gasteiger partial charge on any atom is -0.481 e. The first-order valence-electron chi connectivity index (χ1n) is 52.1. The van der Waals surface area contributed by atoms with Crippen LogP contribution in [-0.2, 0) is 33.8 Å². The van der Waals surface area contributed by atoms with Gasteiger partial charge in [0.05, 0.1) is 59.1 Å². The van der Waals surface area contributed by atoms with Crippen LogP contribution in [0.4, 0.5) is 47.1 Å². The molecule has 4 aromatic carbocycles. The maximum absolute atomic E-state index is 11.7. The SMILES string of the molecule is CCC1(C(=O)O)CC(N2CCCC(C3CN(c4ncc(Cl)c(NC(C)c5ccc(C)cc5Cl)n4)C3)C2)C1.Cc1ccc(C(C)Nc2nc(N3CC(C4CCCN(C5CC(C)(C(=O)O)C5)C4)C3)nc(C)c2C)c(Cl)c1.Cc1ccc(C(C)Nc2nc(N3CC(C4CCCN(CCO)C4)C3)nc3c2CCC3)c(Cl)c1.Cc1ccc(CNc2nc(N3CC(C4CCCN(C5CC(C)(C(=O)O)C5)C4)C3)ncc2Cl)c(Cl)c1. The van der Waals surface area contributed by atoms with Crippen LogP contribution in [-0.4, -0.2) is 234 Å². The number of rotatable bonds is 29. The summed E-state index contributed by atoms with van der Waals surface area (Å²) >= 11 is 38.7. The predicted octanol–water partition coefficient (Wildman–Crippen LogP) is 21.0. The Kier molecular flexibility index (Phi) is 33.3. The molecule has 3 saturated carbocycles. The molecule has 8 aliphatic heterocycles. The Hall–Kier alpha value is -8.45. The van der Waals surface area contributed by atoms with E-state index in [2.05, 4.69) is 135 Å². The zero-order valence-corrected chi connectivity index (χ0v) is 89.3. The zero-order chi connectivity index (χ0) is 100. The smallest absolute Gasteiger partial charge is 0.309 e. The van der Waals surface area contributed by atoms with Gasteiger partial charge in [-0.05, 0) is 334 Å². The molecule has 7 unspecified atom stereocenters. The molecular formula is C109H146Cl6N20O7. The number of nitrogens with zero attached hydrogens (tertiary/aromatic N) is 16. The average Bonchev–Trinajstić information content (AvgIpc) is 1.33. The van der Waals surface area contributed by atoms with Crippen LogP contribution in [0.15, 0.2) is 85.2 Å². The van der Waals surface area contributed by atoms with Gasteiger partial charge in [0.1, 0.15) is 21.7 Å². The third-order valence-electron chi connectivity index (χ3n) is 33.9. The summed E-state index contributed by atoms with van der Waals surface area (Å²) in [5.41, 5.74) is 11.7. The number of β-amino-alcohol motifs (C(OH)–C–C–N with tert-alkyl or cyclic N) is 1. The maximum Gasteiger partial charge on any atom is 0.309 e. The molecule has 8 aromatic rings. The van der Waals surface area contributed by atoms with Gasteiger partial charge in [0, 0.05) is 147 Å². The minimum atomic E-state index is -0.657. The van der Waals surface area contributed by atoms with Gasteiger partial charge in [-0.15, -0.1) is 0 Å². The molecule has 7 atom stereocenters. The molecule has 0 bridgehead atoms. The number of aliphatic hydroxyl groups excluding tert-OH is 1. The van der Waals surface area contributed by atoms with E-state index in [1.807, 2.05) is 90.9 Å². The summed E-state index contributed by atoms with van der Waals surface area (Å²) in [5.74, 6) is 9.46. The zero-order valence-electron chi connectivity index (χ0n) is 84.8. The van der Waals surface area contributed by atoms with Crippen molar-refractivity contribution in [2.75, 3.05) is 159 Å². The van der Waals surface area contributed by atoms with E-state index in [1.54, 1.807) is 12.4 Å². The van der Waals surface area contributed by atoms with Crippen molar-refractivity contribution < 1.29 is 34.8 Å². The predicted molar refractivity (Wildman–Crippen MR) is 571 cm³/mol. The highest BCUT2D eigenvalue weighted by Crippen LogP contribution is 2.51. The highest BCUT2D eigenvalue weighted by atomic mass is 35.5. The topological polar surface area (TPSA) is 309 Å². The second-order valence-corrected chi connectivity index (χ2v) is 46.7. The Balaban J connectivity index is 0.000000130. The van der Waals surface area contributed by atoms with Crippen LogP contribution in [0.1, 0.15) is 229 Å². The fourth-order valence-electron chi connectivity index (χ4n) is 24.1. The molecule has 0 spiro atoms. The van der Waals surface area contributed by atoms with Crippen molar-refractivity contribution in [2.24, 2.45) is 63.6 Å². The van der Waals surface area contributed by atoms with E-state index in [-0.39, 0.29) is 24.7 Å². The van der Waals surface area contributed by atoms with Gasteiger partial charge in [-0.2, -0.15) is 19.9 Å². The summed E-state index contributed by atoms with van der Waals surface area (Å²) in [6, 6.07) is 25.8. The Labute approximate surface area is 868 Å². The summed E-state index contributed by atoms with van der Waals surface area (Å²) < 4.78 is 0. The van der Waals surface area contributed by atoms with Gasteiger partial charge in [-0.1, -0.05) is 125 Å². The molecule has 8 saturated heterocycles. The Morgan fingerprint density at radius 1 is 0.415 bits per heavy atom. The number of carbonyl (C=O) groups is 3. The molecule has 33 heteroatoms. The summed E-state index contributed by atoms with van der Waals surface area (Å²) in [6.07, 6.45) is 21.8. The van der Waals surface area contributed by atoms with E-state index < -0.39 is 34.2 Å². The van der Waals surface area contributed by atoms with Gasteiger partial charge in [-0.3, -0.25) is 14.4 Å². The fourth-order valence-corrected chi connectivity index (χ4v) is 25.9. The number of aromatic nitrogens is 8. The molecule has 766 valence electrons. The third kappa shape index (κ3) is 23.9. The van der Waals surface area contributed by atoms with E-state index in [9.17, 15) is 34.8 Å². The molecule has 12 aliphatic rings. The second-order valence-electron chi connectivity index (χ2n) is 44.2. The molecule has 12 heterocycles. The van der Waals surface area contributed by atoms with E-state index in [0.717, 1.165) is 275 Å². The summed E-state index contributed by atoms with van der Waals surface area (Å²) in [6.45, 7) is 42.5. The molecule has 11 fully saturated rings. The average molecular weight is 2060 g/mol. The number of aryl methyl sites for hydroxylation is 6. The van der Waals surface area contributed by atoms with Gasteiger partial charge >= 0.3 is 17.9 Å². The monoisotopic (exact) mass is 2060 g/mol. The van der Waals surface area contributed by atoms with Crippen LogP contribution < -0.4 is 40.9 Å². The number of anilines is 8. The largest absolute Gasteiger partial charge is 0.481 e. The first-order valence-corrected chi connectivity index (χ1v) is 54.3. The number of hydrogen-bond donors (Lipinski definition) is 8. The van der Waals surface area contributed by atoms with Crippen molar-refractivity contribution in [3.8, 4) is 0 Å². The van der Waals surface area contributed by atoms with Gasteiger partial charge in [-0.25, -0.2) is 19.9 Å². The van der Waals surface area contributed by atoms with Crippen molar-refractivity contribution in [3.05, 3.63) is 182 Å². The maximum atomic E-state index is 11.7. The lowest BCUT2D eigenvalue weighted by Gasteiger charge is -2.53. The number of aliphatic carboxylic acids is 3. The quantitative estimate of drug-likeness (QED) is 0.0216. The minimum absolute atomic E-state index is 0.0285. The van der Waals surface area contributed by atoms with Gasteiger partial charge < -0.3 is 80.9 Å². The molecule has 4 aromatic heterocycles. The van der Waals surface area contributed by atoms with Crippen molar-refractivity contribution >= 4 is 135 Å². The lowest BCUT2D eigenvalue weighted by molar-refractivity contribution is -0.161. The molecule has 0 amide bonds. The van der Waals surface area contributed by atoms with Gasteiger partial charge in [0.15, 0.2) is 11.6 Å². The number of nitrogens with one attached hydrogen (secondary N) is 4. The number of piperidine rings is 4. The van der Waals surface area contributed by atoms with Crippen LogP contribution in [0, 0.1) is 105 Å². The Morgan fingerprint density at radius 3 is 1.23 bits per heavy atom. The van der Waals surface area contributed by atoms with E-state index in [0.29, 0.717) is 99.7 Å². The van der Waals surface area contributed by atoms with Crippen LogP contribution in [0.25, 0.3) is 0 Å². The summed E-state index contributed by atoms with van der Waals surface area (Å²) in [4.78, 5) is 92.1. The summed E-state index contributed by atoms with van der Waals surface area (Å²) in [7, 11) is 0. The van der Waals surface area contributed by atoms with Crippen LogP contribution in [0.2, 0.25) is 30.1 Å². The molecular weight excluding hydrogens is 1910 g/mol. The van der Waals surface area contributed by atoms with Gasteiger partial charge in [0.25, 0.3) is 0 Å². The molecule has 0 radical (unpaired) electrons. The first-order chi connectivity index (χ1) is 67.9. The Morgan fingerprint density at radius 2 is 0.796 bits per heavy atom. The van der Waals surface area contributed by atoms with Crippen molar-refractivity contribution in [3.63, 3.8) is 0 Å². The van der Waals surface area contributed by atoms with Gasteiger partial charge in [0.2, 0.25) is 23.8 Å². The number of hydrogen-bond acceptors (Lipinski definition) is 24. The molecule has 27 nitrogen and oxygen atoms in total. The van der Waals surface area contributed by atoms with Crippen molar-refractivity contribution in [1.29, 1.82) is 0 Å². The number of fused-ring (bicyclic) bond motifs is 1. The lowest BCUT2D eigenvalue weighted by Crippen LogP contribution is -2.59.